The van der Waals surface area contributed by atoms with Gasteiger partial charge in [-0.2, -0.15) is 10.2 Å². The molecule has 4 aromatic rings. The first-order valence-electron chi connectivity index (χ1n) is 13.5. The maximum atomic E-state index is 14.9. The van der Waals surface area contributed by atoms with Crippen molar-refractivity contribution in [3.63, 3.8) is 0 Å². The van der Waals surface area contributed by atoms with E-state index in [1.54, 1.807) is 60.4 Å². The van der Waals surface area contributed by atoms with Crippen molar-refractivity contribution in [1.82, 2.24) is 25.3 Å². The molecular weight excluding hydrogens is 559 g/mol. The number of hydrogen-bond donors (Lipinski definition) is 1. The molecule has 2 aromatic carbocycles. The van der Waals surface area contributed by atoms with Gasteiger partial charge in [-0.15, -0.1) is 11.3 Å². The van der Waals surface area contributed by atoms with Crippen LogP contribution in [-0.2, 0) is 4.79 Å². The zero-order valence-corrected chi connectivity index (χ0v) is 23.8. The van der Waals surface area contributed by atoms with Crippen LogP contribution < -0.4 is 10.1 Å². The fourth-order valence-electron chi connectivity index (χ4n) is 4.62. The predicted molar refractivity (Wildman–Crippen MR) is 154 cm³/mol. The fourth-order valence-corrected chi connectivity index (χ4v) is 5.25. The number of nitrogens with zero attached hydrogens (tertiary/aromatic N) is 5. The molecule has 1 aliphatic heterocycles. The third-order valence-corrected chi connectivity index (χ3v) is 7.75. The number of amides is 2. The lowest BCUT2D eigenvalue weighted by molar-refractivity contribution is -0.134. The number of thiophene rings is 1. The van der Waals surface area contributed by atoms with Crippen LogP contribution in [0.25, 0.3) is 22.8 Å². The van der Waals surface area contributed by atoms with E-state index in [4.69, 9.17) is 14.5 Å². The molecule has 1 N–H and O–H groups in total. The van der Waals surface area contributed by atoms with E-state index < -0.39 is 11.9 Å². The van der Waals surface area contributed by atoms with Gasteiger partial charge in [0.15, 0.2) is 0 Å². The molecule has 216 valence electrons. The lowest BCUT2D eigenvalue weighted by atomic mass is 10.1. The van der Waals surface area contributed by atoms with Gasteiger partial charge < -0.3 is 19.5 Å². The third kappa shape index (κ3) is 6.99. The van der Waals surface area contributed by atoms with Crippen LogP contribution in [0, 0.1) is 17.1 Å². The molecule has 42 heavy (non-hydrogen) atoms. The molecule has 1 unspecified atom stereocenters. The van der Waals surface area contributed by atoms with Gasteiger partial charge in [0, 0.05) is 44.4 Å². The van der Waals surface area contributed by atoms with E-state index in [-0.39, 0.29) is 29.1 Å². The zero-order chi connectivity index (χ0) is 29.5. The smallest absolute Gasteiger partial charge is 0.261 e. The SMILES string of the molecule is CC(NC(=O)c1cccs1)C(=O)N1CCN(CCCOc2ccc(-c3noc(-c4cccc(C#N)c4)n3)c(F)c2)CC1. The molecule has 0 aliphatic carbocycles. The molecule has 5 rings (SSSR count). The summed E-state index contributed by atoms with van der Waals surface area (Å²) in [5.41, 5.74) is 1.22. The van der Waals surface area contributed by atoms with Crippen LogP contribution in [0.2, 0.25) is 0 Å². The highest BCUT2D eigenvalue weighted by molar-refractivity contribution is 7.12. The van der Waals surface area contributed by atoms with Gasteiger partial charge >= 0.3 is 0 Å². The highest BCUT2D eigenvalue weighted by Gasteiger charge is 2.26. The maximum Gasteiger partial charge on any atom is 0.261 e. The first-order valence-corrected chi connectivity index (χ1v) is 14.4. The van der Waals surface area contributed by atoms with Crippen molar-refractivity contribution >= 4 is 23.2 Å². The highest BCUT2D eigenvalue weighted by atomic mass is 32.1. The summed E-state index contributed by atoms with van der Waals surface area (Å²) in [6, 6.07) is 16.2. The number of ether oxygens (including phenoxy) is 1. The summed E-state index contributed by atoms with van der Waals surface area (Å²) in [4.78, 5) is 33.9. The quantitative estimate of drug-likeness (QED) is 0.273. The molecule has 3 heterocycles. The number of nitriles is 1. The zero-order valence-electron chi connectivity index (χ0n) is 23.0. The molecule has 1 atom stereocenters. The standard InChI is InChI=1S/C30H29FN6O4S/c1-20(33-28(38)26-7-3-16-42-26)30(39)37-13-11-36(12-14-37)10-4-15-40-23-8-9-24(25(31)18-23)27-34-29(41-35-27)22-6-2-5-21(17-22)19-32/h2-3,5-9,16-18,20H,4,10-15H2,1H3,(H,33,38). The van der Waals surface area contributed by atoms with E-state index in [0.717, 1.165) is 26.1 Å². The Morgan fingerprint density at radius 2 is 2.00 bits per heavy atom. The summed E-state index contributed by atoms with van der Waals surface area (Å²) in [5, 5.41) is 17.6. The molecular formula is C30H29FN6O4S. The summed E-state index contributed by atoms with van der Waals surface area (Å²) in [6.45, 7) is 5.54. The largest absolute Gasteiger partial charge is 0.493 e. The molecule has 12 heteroatoms. The average molecular weight is 589 g/mol. The van der Waals surface area contributed by atoms with Crippen molar-refractivity contribution in [3.8, 4) is 34.7 Å². The predicted octanol–water partition coefficient (Wildman–Crippen LogP) is 4.21. The van der Waals surface area contributed by atoms with Gasteiger partial charge in [0.1, 0.15) is 17.6 Å². The Morgan fingerprint density at radius 3 is 2.74 bits per heavy atom. The third-order valence-electron chi connectivity index (χ3n) is 6.88. The Balaban J connectivity index is 1.04. The molecule has 1 saturated heterocycles. The number of halogens is 1. The summed E-state index contributed by atoms with van der Waals surface area (Å²) in [5.74, 6) is -0.153. The average Bonchev–Trinajstić information content (AvgIpc) is 3.73. The number of carbonyl (C=O) groups excluding carboxylic acids is 2. The van der Waals surface area contributed by atoms with Crippen molar-refractivity contribution in [2.45, 2.75) is 19.4 Å². The monoisotopic (exact) mass is 588 g/mol. The maximum absolute atomic E-state index is 14.9. The summed E-state index contributed by atoms with van der Waals surface area (Å²) in [7, 11) is 0. The van der Waals surface area contributed by atoms with E-state index >= 15 is 0 Å². The number of carbonyl (C=O) groups is 2. The molecule has 2 aromatic heterocycles. The van der Waals surface area contributed by atoms with E-state index in [0.29, 0.717) is 41.4 Å². The number of rotatable bonds is 10. The van der Waals surface area contributed by atoms with Gasteiger partial charge in [-0.25, -0.2) is 4.39 Å². The van der Waals surface area contributed by atoms with Gasteiger partial charge in [0.2, 0.25) is 11.7 Å². The molecule has 0 saturated carbocycles. The lowest BCUT2D eigenvalue weighted by Gasteiger charge is -2.36. The van der Waals surface area contributed by atoms with Crippen molar-refractivity contribution in [1.29, 1.82) is 5.26 Å². The number of nitrogens with one attached hydrogen (secondary N) is 1. The molecule has 0 radical (unpaired) electrons. The van der Waals surface area contributed by atoms with Gasteiger partial charge in [0.25, 0.3) is 11.8 Å². The van der Waals surface area contributed by atoms with E-state index in [1.807, 2.05) is 5.38 Å². The second kappa shape index (κ2) is 13.4. The summed E-state index contributed by atoms with van der Waals surface area (Å²) in [6.07, 6.45) is 0.737. The second-order valence-electron chi connectivity index (χ2n) is 9.80. The van der Waals surface area contributed by atoms with Crippen molar-refractivity contribution in [2.75, 3.05) is 39.3 Å². The number of aromatic nitrogens is 2. The fraction of sp³-hybridized carbons (Fsp3) is 0.300. The molecule has 0 spiro atoms. The van der Waals surface area contributed by atoms with Crippen LogP contribution in [0.1, 0.15) is 28.6 Å². The van der Waals surface area contributed by atoms with Gasteiger partial charge in [-0.3, -0.25) is 14.5 Å². The van der Waals surface area contributed by atoms with Crippen LogP contribution in [0.3, 0.4) is 0 Å². The van der Waals surface area contributed by atoms with Crippen molar-refractivity contribution in [2.24, 2.45) is 0 Å². The Morgan fingerprint density at radius 1 is 1.17 bits per heavy atom. The summed E-state index contributed by atoms with van der Waals surface area (Å²) >= 11 is 1.34. The molecule has 10 nitrogen and oxygen atoms in total. The minimum atomic E-state index is -0.588. The van der Waals surface area contributed by atoms with Crippen LogP contribution in [0.5, 0.6) is 5.75 Å². The Hall–Kier alpha value is -4.60. The van der Waals surface area contributed by atoms with Crippen LogP contribution in [-0.4, -0.2) is 77.1 Å². The van der Waals surface area contributed by atoms with Gasteiger partial charge in [-0.05, 0) is 55.1 Å². The van der Waals surface area contributed by atoms with E-state index in [1.165, 1.54) is 17.4 Å². The minimum Gasteiger partial charge on any atom is -0.493 e. The lowest BCUT2D eigenvalue weighted by Crippen LogP contribution is -2.54. The molecule has 1 aliphatic rings. The van der Waals surface area contributed by atoms with Crippen molar-refractivity contribution < 1.29 is 23.2 Å². The number of hydrogen-bond acceptors (Lipinski definition) is 9. The Bertz CT molecular complexity index is 1580. The Labute approximate surface area is 246 Å². The first kappa shape index (κ1) is 28.9. The van der Waals surface area contributed by atoms with Crippen molar-refractivity contribution in [3.05, 3.63) is 76.2 Å². The number of piperazine rings is 1. The van der Waals surface area contributed by atoms with E-state index in [9.17, 15) is 14.0 Å². The van der Waals surface area contributed by atoms with Crippen LogP contribution in [0.4, 0.5) is 4.39 Å². The minimum absolute atomic E-state index is 0.0846. The topological polar surface area (TPSA) is 125 Å². The van der Waals surface area contributed by atoms with Gasteiger partial charge in [-0.1, -0.05) is 17.3 Å². The second-order valence-corrected chi connectivity index (χ2v) is 10.7. The summed E-state index contributed by atoms with van der Waals surface area (Å²) < 4.78 is 25.9. The first-order chi connectivity index (χ1) is 20.4. The van der Waals surface area contributed by atoms with Crippen LogP contribution >= 0.6 is 11.3 Å². The molecule has 0 bridgehead atoms. The van der Waals surface area contributed by atoms with Gasteiger partial charge in [0.05, 0.1) is 28.7 Å². The van der Waals surface area contributed by atoms with E-state index in [2.05, 4.69) is 26.4 Å². The van der Waals surface area contributed by atoms with Crippen LogP contribution in [0.15, 0.2) is 64.5 Å². The molecule has 1 fully saturated rings. The Kier molecular flexibility index (Phi) is 9.21. The highest BCUT2D eigenvalue weighted by Crippen LogP contribution is 2.27. The normalized spacial score (nSPS) is 14.3. The number of benzene rings is 2. The molecule has 2 amide bonds.